The maximum Gasteiger partial charge on any atom is 0.357 e. The molecule has 0 aliphatic heterocycles. The first-order chi connectivity index (χ1) is 6.63. The lowest BCUT2D eigenvalue weighted by Crippen LogP contribution is -2.01. The maximum atomic E-state index is 11.1. The van der Waals surface area contributed by atoms with Gasteiger partial charge in [0.15, 0.2) is 5.69 Å². The Morgan fingerprint density at radius 2 is 2.36 bits per heavy atom. The van der Waals surface area contributed by atoms with Crippen LogP contribution in [0.1, 0.15) is 35.8 Å². The molecular weight excluding hydrogens is 198 g/mol. The molecule has 1 aromatic rings. The first kappa shape index (κ1) is 11.2. The van der Waals surface area contributed by atoms with Gasteiger partial charge in [-0.1, -0.05) is 13.8 Å². The van der Waals surface area contributed by atoms with E-state index in [1.165, 1.54) is 18.4 Å². The SMILES string of the molecule is COC(=O)c1csc(CCC(C)C)n1. The van der Waals surface area contributed by atoms with Gasteiger partial charge in [-0.25, -0.2) is 9.78 Å². The second-order valence-electron chi connectivity index (χ2n) is 3.55. The lowest BCUT2D eigenvalue weighted by molar-refractivity contribution is 0.0594. The second-order valence-corrected chi connectivity index (χ2v) is 4.49. The smallest absolute Gasteiger partial charge is 0.357 e. The predicted molar refractivity (Wildman–Crippen MR) is 56.6 cm³/mol. The van der Waals surface area contributed by atoms with Crippen LogP contribution in [0.15, 0.2) is 5.38 Å². The van der Waals surface area contributed by atoms with Crippen LogP contribution in [-0.2, 0) is 11.2 Å². The summed E-state index contributed by atoms with van der Waals surface area (Å²) in [6.07, 6.45) is 2.05. The van der Waals surface area contributed by atoms with E-state index < -0.39 is 0 Å². The number of ether oxygens (including phenoxy) is 1. The van der Waals surface area contributed by atoms with Crippen molar-refractivity contribution in [2.24, 2.45) is 5.92 Å². The number of carbonyl (C=O) groups is 1. The predicted octanol–water partition coefficient (Wildman–Crippen LogP) is 2.52. The van der Waals surface area contributed by atoms with Gasteiger partial charge in [0, 0.05) is 5.38 Å². The van der Waals surface area contributed by atoms with E-state index in [9.17, 15) is 4.79 Å². The minimum absolute atomic E-state index is 0.350. The van der Waals surface area contributed by atoms with Gasteiger partial charge in [-0.3, -0.25) is 0 Å². The highest BCUT2D eigenvalue weighted by atomic mass is 32.1. The van der Waals surface area contributed by atoms with Crippen molar-refractivity contribution in [3.8, 4) is 0 Å². The molecular formula is C10H15NO2S. The van der Waals surface area contributed by atoms with Gasteiger partial charge in [-0.2, -0.15) is 0 Å². The molecule has 0 bridgehead atoms. The fraction of sp³-hybridized carbons (Fsp3) is 0.600. The van der Waals surface area contributed by atoms with Crippen molar-refractivity contribution >= 4 is 17.3 Å². The van der Waals surface area contributed by atoms with Gasteiger partial charge in [0.25, 0.3) is 0 Å². The van der Waals surface area contributed by atoms with Crippen molar-refractivity contribution in [3.63, 3.8) is 0 Å². The molecule has 0 N–H and O–H groups in total. The van der Waals surface area contributed by atoms with Gasteiger partial charge in [0.2, 0.25) is 0 Å². The first-order valence-electron chi connectivity index (χ1n) is 4.66. The standard InChI is InChI=1S/C10H15NO2S/c1-7(2)4-5-9-11-8(6-14-9)10(12)13-3/h6-7H,4-5H2,1-3H3. The number of thiazole rings is 1. The van der Waals surface area contributed by atoms with Gasteiger partial charge in [0.1, 0.15) is 0 Å². The Kier molecular flexibility index (Phi) is 4.07. The van der Waals surface area contributed by atoms with Crippen molar-refractivity contribution in [2.75, 3.05) is 7.11 Å². The van der Waals surface area contributed by atoms with E-state index in [4.69, 9.17) is 0 Å². The number of nitrogens with zero attached hydrogens (tertiary/aromatic N) is 1. The van der Waals surface area contributed by atoms with Crippen molar-refractivity contribution < 1.29 is 9.53 Å². The number of hydrogen-bond acceptors (Lipinski definition) is 4. The Hall–Kier alpha value is -0.900. The summed E-state index contributed by atoms with van der Waals surface area (Å²) in [4.78, 5) is 15.3. The summed E-state index contributed by atoms with van der Waals surface area (Å²) in [5.41, 5.74) is 0.427. The van der Waals surface area contributed by atoms with Gasteiger partial charge < -0.3 is 4.74 Å². The van der Waals surface area contributed by atoms with Crippen LogP contribution in [0.4, 0.5) is 0 Å². The number of carbonyl (C=O) groups excluding carboxylic acids is 1. The van der Waals surface area contributed by atoms with Crippen LogP contribution in [0.2, 0.25) is 0 Å². The Morgan fingerprint density at radius 3 is 2.93 bits per heavy atom. The highest BCUT2D eigenvalue weighted by Gasteiger charge is 2.10. The van der Waals surface area contributed by atoms with E-state index in [0.717, 1.165) is 17.8 Å². The number of aryl methyl sites for hydroxylation is 1. The van der Waals surface area contributed by atoms with Crippen LogP contribution in [-0.4, -0.2) is 18.1 Å². The molecule has 4 heteroatoms. The topological polar surface area (TPSA) is 39.2 Å². The normalized spacial score (nSPS) is 10.6. The third kappa shape index (κ3) is 3.10. The fourth-order valence-electron chi connectivity index (χ4n) is 1.04. The van der Waals surface area contributed by atoms with Crippen LogP contribution in [0.25, 0.3) is 0 Å². The summed E-state index contributed by atoms with van der Waals surface area (Å²) >= 11 is 1.52. The summed E-state index contributed by atoms with van der Waals surface area (Å²) in [6, 6.07) is 0. The quantitative estimate of drug-likeness (QED) is 0.721. The molecule has 0 spiro atoms. The molecule has 1 aromatic heterocycles. The molecule has 0 unspecified atom stereocenters. The average Bonchev–Trinajstić information content (AvgIpc) is 2.62. The summed E-state index contributed by atoms with van der Waals surface area (Å²) in [5.74, 6) is 0.317. The Morgan fingerprint density at radius 1 is 1.64 bits per heavy atom. The lowest BCUT2D eigenvalue weighted by Gasteiger charge is -2.00. The third-order valence-corrected chi connectivity index (χ3v) is 2.79. The van der Waals surface area contributed by atoms with Crippen LogP contribution in [0, 0.1) is 5.92 Å². The van der Waals surface area contributed by atoms with E-state index in [2.05, 4.69) is 23.6 Å². The summed E-state index contributed by atoms with van der Waals surface area (Å²) in [5, 5.41) is 2.76. The van der Waals surface area contributed by atoms with Crippen molar-refractivity contribution in [2.45, 2.75) is 26.7 Å². The fourth-order valence-corrected chi connectivity index (χ4v) is 1.82. The highest BCUT2D eigenvalue weighted by molar-refractivity contribution is 7.09. The van der Waals surface area contributed by atoms with E-state index in [1.807, 2.05) is 0 Å². The monoisotopic (exact) mass is 213 g/mol. The van der Waals surface area contributed by atoms with Gasteiger partial charge in [-0.05, 0) is 18.8 Å². The number of rotatable bonds is 4. The Bertz CT molecular complexity index is 307. The Labute approximate surface area is 88.1 Å². The molecule has 78 valence electrons. The minimum Gasteiger partial charge on any atom is -0.464 e. The van der Waals surface area contributed by atoms with E-state index >= 15 is 0 Å². The van der Waals surface area contributed by atoms with Crippen molar-refractivity contribution in [1.82, 2.24) is 4.98 Å². The number of aromatic nitrogens is 1. The van der Waals surface area contributed by atoms with Crippen LogP contribution < -0.4 is 0 Å². The number of hydrogen-bond donors (Lipinski definition) is 0. The van der Waals surface area contributed by atoms with Crippen LogP contribution in [0.3, 0.4) is 0 Å². The summed E-state index contributed by atoms with van der Waals surface area (Å²) in [6.45, 7) is 4.35. The molecule has 0 fully saturated rings. The third-order valence-electron chi connectivity index (χ3n) is 1.88. The molecule has 0 aliphatic carbocycles. The number of esters is 1. The minimum atomic E-state index is -0.350. The summed E-state index contributed by atoms with van der Waals surface area (Å²) < 4.78 is 4.58. The molecule has 14 heavy (non-hydrogen) atoms. The molecule has 1 rings (SSSR count). The molecule has 0 aliphatic rings. The van der Waals surface area contributed by atoms with Gasteiger partial charge in [-0.15, -0.1) is 11.3 Å². The zero-order valence-electron chi connectivity index (χ0n) is 8.74. The molecule has 0 saturated carbocycles. The van der Waals surface area contributed by atoms with Gasteiger partial charge in [0.05, 0.1) is 12.1 Å². The van der Waals surface area contributed by atoms with E-state index in [0.29, 0.717) is 11.6 Å². The molecule has 0 amide bonds. The second kappa shape index (κ2) is 5.10. The zero-order chi connectivity index (χ0) is 10.6. The van der Waals surface area contributed by atoms with Crippen LogP contribution in [0.5, 0.6) is 0 Å². The van der Waals surface area contributed by atoms with Crippen LogP contribution >= 0.6 is 11.3 Å². The largest absolute Gasteiger partial charge is 0.464 e. The Balaban J connectivity index is 2.55. The lowest BCUT2D eigenvalue weighted by atomic mass is 10.1. The average molecular weight is 213 g/mol. The van der Waals surface area contributed by atoms with E-state index in [-0.39, 0.29) is 5.97 Å². The molecule has 0 atom stereocenters. The first-order valence-corrected chi connectivity index (χ1v) is 5.54. The van der Waals surface area contributed by atoms with E-state index in [1.54, 1.807) is 5.38 Å². The summed E-state index contributed by atoms with van der Waals surface area (Å²) in [7, 11) is 1.37. The highest BCUT2D eigenvalue weighted by Crippen LogP contribution is 2.14. The van der Waals surface area contributed by atoms with Crippen molar-refractivity contribution in [1.29, 1.82) is 0 Å². The zero-order valence-corrected chi connectivity index (χ0v) is 9.56. The molecule has 0 aromatic carbocycles. The maximum absolute atomic E-state index is 11.1. The molecule has 3 nitrogen and oxygen atoms in total. The van der Waals surface area contributed by atoms with Gasteiger partial charge >= 0.3 is 5.97 Å². The molecule has 0 radical (unpaired) electrons. The molecule has 1 heterocycles. The van der Waals surface area contributed by atoms with Crippen molar-refractivity contribution in [3.05, 3.63) is 16.1 Å². The number of methoxy groups -OCH3 is 1. The molecule has 0 saturated heterocycles.